The summed E-state index contributed by atoms with van der Waals surface area (Å²) < 4.78 is 5.10. The van der Waals surface area contributed by atoms with E-state index in [9.17, 15) is 0 Å². The van der Waals surface area contributed by atoms with Crippen LogP contribution in [0.15, 0.2) is 35.0 Å². The largest absolute Gasteiger partial charge is 0.474 e. The van der Waals surface area contributed by atoms with Crippen molar-refractivity contribution in [1.82, 2.24) is 0 Å². The van der Waals surface area contributed by atoms with Gasteiger partial charge >= 0.3 is 0 Å². The van der Waals surface area contributed by atoms with Gasteiger partial charge in [-0.3, -0.25) is 0 Å². The van der Waals surface area contributed by atoms with Crippen molar-refractivity contribution >= 4 is 0 Å². The van der Waals surface area contributed by atoms with E-state index in [1.165, 1.54) is 0 Å². The number of nitrogens with zero attached hydrogens (tertiary/aromatic N) is 2. The molecule has 0 fully saturated rings. The van der Waals surface area contributed by atoms with Crippen LogP contribution >= 0.6 is 0 Å². The second kappa shape index (κ2) is 4.66. The van der Waals surface area contributed by atoms with Crippen LogP contribution in [0.4, 0.5) is 0 Å². The van der Waals surface area contributed by atoms with Crippen molar-refractivity contribution in [2.45, 2.75) is 26.9 Å². The van der Waals surface area contributed by atoms with Crippen molar-refractivity contribution in [3.05, 3.63) is 24.7 Å². The number of ether oxygens (including phenoxy) is 1. The number of azo groups is 1. The first-order valence-electron chi connectivity index (χ1n) is 3.45. The minimum Gasteiger partial charge on any atom is -0.474 e. The Bertz CT molecular complexity index is 183. The maximum Gasteiger partial charge on any atom is 0.226 e. The summed E-state index contributed by atoms with van der Waals surface area (Å²) in [6, 6.07) is 0. The molecule has 0 spiro atoms. The number of hydrogen-bond donors (Lipinski definition) is 0. The standard InChI is InChI=1S/C8H14N2O/c1-6(2)9-10-8(5)11-7(3)4/h7H,1,5H2,2-4H3. The molecule has 0 saturated carbocycles. The van der Waals surface area contributed by atoms with Gasteiger partial charge in [-0.2, -0.15) is 5.11 Å². The van der Waals surface area contributed by atoms with Crippen LogP contribution in [0.5, 0.6) is 0 Å². The lowest BCUT2D eigenvalue weighted by molar-refractivity contribution is 0.145. The molecule has 0 saturated heterocycles. The smallest absolute Gasteiger partial charge is 0.226 e. The molecule has 0 bridgehead atoms. The van der Waals surface area contributed by atoms with E-state index >= 15 is 0 Å². The Labute approximate surface area is 67.5 Å². The molecule has 3 heteroatoms. The Morgan fingerprint density at radius 1 is 1.27 bits per heavy atom. The first kappa shape index (κ1) is 9.88. The van der Waals surface area contributed by atoms with E-state index in [0.717, 1.165) is 0 Å². The van der Waals surface area contributed by atoms with Gasteiger partial charge in [0.2, 0.25) is 5.88 Å². The third-order valence-corrected chi connectivity index (χ3v) is 0.704. The second-order valence-corrected chi connectivity index (χ2v) is 2.50. The van der Waals surface area contributed by atoms with E-state index < -0.39 is 0 Å². The van der Waals surface area contributed by atoms with Crippen LogP contribution in [0.1, 0.15) is 20.8 Å². The molecule has 0 aromatic heterocycles. The van der Waals surface area contributed by atoms with E-state index in [4.69, 9.17) is 4.74 Å². The predicted molar refractivity (Wildman–Crippen MR) is 45.0 cm³/mol. The van der Waals surface area contributed by atoms with Crippen LogP contribution in [-0.4, -0.2) is 6.10 Å². The van der Waals surface area contributed by atoms with Crippen LogP contribution in [0.25, 0.3) is 0 Å². The molecule has 0 N–H and O–H groups in total. The molecule has 0 aliphatic rings. The van der Waals surface area contributed by atoms with Gasteiger partial charge < -0.3 is 4.74 Å². The summed E-state index contributed by atoms with van der Waals surface area (Å²) >= 11 is 0. The zero-order valence-electron chi connectivity index (χ0n) is 7.29. The molecule has 0 heterocycles. The van der Waals surface area contributed by atoms with Crippen molar-refractivity contribution in [2.24, 2.45) is 10.2 Å². The first-order valence-corrected chi connectivity index (χ1v) is 3.45. The van der Waals surface area contributed by atoms with Crippen molar-refractivity contribution in [2.75, 3.05) is 0 Å². The molecule has 0 aliphatic heterocycles. The predicted octanol–water partition coefficient (Wildman–Crippen LogP) is 2.87. The molecule has 0 atom stereocenters. The fraction of sp³-hybridized carbons (Fsp3) is 0.500. The molecule has 0 aromatic carbocycles. The average Bonchev–Trinajstić information content (AvgIpc) is 1.82. The van der Waals surface area contributed by atoms with Gasteiger partial charge in [0.1, 0.15) is 0 Å². The quantitative estimate of drug-likeness (QED) is 0.453. The number of rotatable bonds is 4. The molecule has 62 valence electrons. The zero-order valence-corrected chi connectivity index (χ0v) is 7.29. The topological polar surface area (TPSA) is 34.0 Å². The van der Waals surface area contributed by atoms with Crippen LogP contribution in [0, 0.1) is 0 Å². The van der Waals surface area contributed by atoms with Gasteiger partial charge in [-0.05, 0) is 27.4 Å². The zero-order chi connectivity index (χ0) is 8.85. The molecule has 11 heavy (non-hydrogen) atoms. The molecule has 0 radical (unpaired) electrons. The minimum absolute atomic E-state index is 0.0894. The van der Waals surface area contributed by atoms with E-state index in [1.54, 1.807) is 6.92 Å². The number of allylic oxidation sites excluding steroid dienone is 1. The molecular weight excluding hydrogens is 140 g/mol. The molecule has 0 aromatic rings. The lowest BCUT2D eigenvalue weighted by atomic mass is 10.5. The monoisotopic (exact) mass is 154 g/mol. The first-order chi connectivity index (χ1) is 5.02. The van der Waals surface area contributed by atoms with Crippen molar-refractivity contribution in [3.63, 3.8) is 0 Å². The lowest BCUT2D eigenvalue weighted by Gasteiger charge is -2.06. The van der Waals surface area contributed by atoms with Crippen molar-refractivity contribution in [3.8, 4) is 0 Å². The molecule has 0 rings (SSSR count). The summed E-state index contributed by atoms with van der Waals surface area (Å²) in [6.07, 6.45) is 0.0894. The summed E-state index contributed by atoms with van der Waals surface area (Å²) in [4.78, 5) is 0. The minimum atomic E-state index is 0.0894. The molecule has 3 nitrogen and oxygen atoms in total. The van der Waals surface area contributed by atoms with Gasteiger partial charge in [0.25, 0.3) is 0 Å². The van der Waals surface area contributed by atoms with E-state index in [0.29, 0.717) is 11.6 Å². The maximum absolute atomic E-state index is 5.10. The average molecular weight is 154 g/mol. The second-order valence-electron chi connectivity index (χ2n) is 2.50. The Balaban J connectivity index is 3.78. The van der Waals surface area contributed by atoms with Gasteiger partial charge in [-0.25, -0.2) is 0 Å². The van der Waals surface area contributed by atoms with Gasteiger partial charge in [0.15, 0.2) is 0 Å². The summed E-state index contributed by atoms with van der Waals surface area (Å²) in [5, 5.41) is 7.36. The fourth-order valence-corrected chi connectivity index (χ4v) is 0.437. The van der Waals surface area contributed by atoms with Gasteiger partial charge in [-0.1, -0.05) is 6.58 Å². The van der Waals surface area contributed by atoms with Gasteiger partial charge in [0.05, 0.1) is 11.8 Å². The fourth-order valence-electron chi connectivity index (χ4n) is 0.437. The molecular formula is C8H14N2O. The Kier molecular flexibility index (Phi) is 4.18. The normalized spacial score (nSPS) is 10.5. The Hall–Kier alpha value is -1.12. The van der Waals surface area contributed by atoms with Gasteiger partial charge in [0, 0.05) is 0 Å². The highest BCUT2D eigenvalue weighted by Gasteiger charge is 1.94. The maximum atomic E-state index is 5.10. The van der Waals surface area contributed by atoms with Crippen LogP contribution < -0.4 is 0 Å². The summed E-state index contributed by atoms with van der Waals surface area (Å²) in [7, 11) is 0. The highest BCUT2D eigenvalue weighted by atomic mass is 16.5. The molecule has 0 unspecified atom stereocenters. The number of hydrogen-bond acceptors (Lipinski definition) is 3. The summed E-state index contributed by atoms with van der Waals surface area (Å²) in [5.41, 5.74) is 0.638. The highest BCUT2D eigenvalue weighted by Crippen LogP contribution is 2.03. The SMILES string of the molecule is C=C(C)N=NC(=C)OC(C)C. The van der Waals surface area contributed by atoms with Crippen LogP contribution in [0.2, 0.25) is 0 Å². The van der Waals surface area contributed by atoms with Gasteiger partial charge in [-0.15, -0.1) is 5.11 Å². The van der Waals surface area contributed by atoms with E-state index in [2.05, 4.69) is 23.4 Å². The van der Waals surface area contributed by atoms with Crippen LogP contribution in [0.3, 0.4) is 0 Å². The molecule has 0 amide bonds. The molecule has 0 aliphatic carbocycles. The third-order valence-electron chi connectivity index (χ3n) is 0.704. The van der Waals surface area contributed by atoms with Crippen molar-refractivity contribution < 1.29 is 4.74 Å². The van der Waals surface area contributed by atoms with Crippen molar-refractivity contribution in [1.29, 1.82) is 0 Å². The van der Waals surface area contributed by atoms with Crippen LogP contribution in [-0.2, 0) is 4.74 Å². The summed E-state index contributed by atoms with van der Waals surface area (Å²) in [5.74, 6) is 0.322. The summed E-state index contributed by atoms with van der Waals surface area (Å²) in [6.45, 7) is 12.7. The Morgan fingerprint density at radius 3 is 2.18 bits per heavy atom. The van der Waals surface area contributed by atoms with E-state index in [1.807, 2.05) is 13.8 Å². The lowest BCUT2D eigenvalue weighted by Crippen LogP contribution is -1.99. The Morgan fingerprint density at radius 2 is 1.82 bits per heavy atom. The highest BCUT2D eigenvalue weighted by molar-refractivity contribution is 4.86. The third kappa shape index (κ3) is 6.77. The van der Waals surface area contributed by atoms with E-state index in [-0.39, 0.29) is 6.10 Å².